The Morgan fingerprint density at radius 3 is 2.80 bits per heavy atom. The molecule has 1 N–H and O–H groups in total. The van der Waals surface area contributed by atoms with Crippen molar-refractivity contribution in [2.75, 3.05) is 6.54 Å². The van der Waals surface area contributed by atoms with Gasteiger partial charge in [-0.1, -0.05) is 25.3 Å². The maximum atomic E-state index is 12.8. The Bertz CT molecular complexity index is 663. The number of carbonyl (C=O) groups is 1. The third-order valence-electron chi connectivity index (χ3n) is 4.80. The molecule has 0 aliphatic heterocycles. The first-order valence-corrected chi connectivity index (χ1v) is 9.13. The number of hydrogen-bond acceptors (Lipinski definition) is 3. The van der Waals surface area contributed by atoms with Crippen molar-refractivity contribution in [3.63, 3.8) is 0 Å². The first kappa shape index (κ1) is 17.5. The van der Waals surface area contributed by atoms with Gasteiger partial charge in [0.25, 0.3) is 0 Å². The van der Waals surface area contributed by atoms with Crippen molar-refractivity contribution in [2.45, 2.75) is 51.1 Å². The fraction of sp³-hybridized carbons (Fsp3) is 0.526. The molecule has 1 saturated carbocycles. The molecule has 2 aromatic heterocycles. The van der Waals surface area contributed by atoms with Crippen LogP contribution in [0.25, 0.3) is 0 Å². The lowest BCUT2D eigenvalue weighted by molar-refractivity contribution is 0.151. The zero-order valence-electron chi connectivity index (χ0n) is 14.9. The van der Waals surface area contributed by atoms with Crippen molar-refractivity contribution in [1.82, 2.24) is 25.0 Å². The molecule has 134 valence electrons. The minimum atomic E-state index is 0.0274. The summed E-state index contributed by atoms with van der Waals surface area (Å²) in [5, 5.41) is 7.25. The van der Waals surface area contributed by atoms with Gasteiger partial charge in [-0.05, 0) is 36.5 Å². The predicted molar refractivity (Wildman–Crippen MR) is 97.0 cm³/mol. The van der Waals surface area contributed by atoms with Crippen LogP contribution in [0, 0.1) is 0 Å². The van der Waals surface area contributed by atoms with Gasteiger partial charge in [0, 0.05) is 44.8 Å². The minimum Gasteiger partial charge on any atom is -0.338 e. The second kappa shape index (κ2) is 8.65. The topological polar surface area (TPSA) is 63.1 Å². The van der Waals surface area contributed by atoms with Gasteiger partial charge >= 0.3 is 6.03 Å². The number of hydrogen-bond donors (Lipinski definition) is 1. The van der Waals surface area contributed by atoms with E-state index in [1.54, 1.807) is 10.9 Å². The molecule has 0 saturated heterocycles. The maximum absolute atomic E-state index is 12.8. The molecular weight excluding hydrogens is 314 g/mol. The Kier molecular flexibility index (Phi) is 6.04. The predicted octanol–water partition coefficient (Wildman–Crippen LogP) is 2.90. The van der Waals surface area contributed by atoms with Crippen LogP contribution in [0.1, 0.15) is 43.2 Å². The summed E-state index contributed by atoms with van der Waals surface area (Å²) in [5.41, 5.74) is 2.22. The zero-order chi connectivity index (χ0) is 17.5. The molecule has 2 heterocycles. The Labute approximate surface area is 149 Å². The molecule has 0 radical (unpaired) electrons. The molecule has 1 aliphatic carbocycles. The molecule has 0 bridgehead atoms. The highest BCUT2D eigenvalue weighted by Crippen LogP contribution is 2.24. The largest absolute Gasteiger partial charge is 0.338 e. The molecule has 0 unspecified atom stereocenters. The molecule has 25 heavy (non-hydrogen) atoms. The molecule has 1 fully saturated rings. The number of nitrogens with one attached hydrogen (secondary N) is 1. The fourth-order valence-corrected chi connectivity index (χ4v) is 3.46. The number of rotatable bonds is 6. The molecule has 2 amide bonds. The number of pyridine rings is 1. The second-order valence-corrected chi connectivity index (χ2v) is 6.79. The van der Waals surface area contributed by atoms with Crippen LogP contribution < -0.4 is 5.32 Å². The van der Waals surface area contributed by atoms with Crippen LogP contribution in [-0.2, 0) is 20.0 Å². The molecule has 2 aromatic rings. The van der Waals surface area contributed by atoms with Gasteiger partial charge in [-0.25, -0.2) is 4.79 Å². The number of nitrogens with zero attached hydrogens (tertiary/aromatic N) is 4. The van der Waals surface area contributed by atoms with Crippen LogP contribution in [0.15, 0.2) is 36.9 Å². The number of urea groups is 1. The summed E-state index contributed by atoms with van der Waals surface area (Å²) in [6.45, 7) is 1.25. The quantitative estimate of drug-likeness (QED) is 0.879. The molecule has 0 atom stereocenters. The monoisotopic (exact) mass is 341 g/mol. The van der Waals surface area contributed by atoms with E-state index in [0.717, 1.165) is 30.4 Å². The lowest BCUT2D eigenvalue weighted by atomic mass is 9.94. The van der Waals surface area contributed by atoms with Crippen LogP contribution in [0.5, 0.6) is 0 Å². The van der Waals surface area contributed by atoms with E-state index in [4.69, 9.17) is 0 Å². The summed E-state index contributed by atoms with van der Waals surface area (Å²) in [5.74, 6) is 0. The molecule has 1 aliphatic rings. The van der Waals surface area contributed by atoms with Crippen LogP contribution in [0.2, 0.25) is 0 Å². The molecule has 6 heteroatoms. The van der Waals surface area contributed by atoms with E-state index in [0.29, 0.717) is 19.1 Å². The molecule has 3 rings (SSSR count). The van der Waals surface area contributed by atoms with E-state index in [2.05, 4.69) is 15.4 Å². The summed E-state index contributed by atoms with van der Waals surface area (Å²) in [6.07, 6.45) is 14.1. The summed E-state index contributed by atoms with van der Waals surface area (Å²) in [6, 6.07) is 4.31. The normalized spacial score (nSPS) is 15.1. The van der Waals surface area contributed by atoms with E-state index in [9.17, 15) is 4.79 Å². The maximum Gasteiger partial charge on any atom is 0.317 e. The number of carbonyl (C=O) groups excluding carboxylic acids is 1. The van der Waals surface area contributed by atoms with Crippen molar-refractivity contribution >= 4 is 6.03 Å². The first-order valence-electron chi connectivity index (χ1n) is 9.13. The van der Waals surface area contributed by atoms with Crippen molar-refractivity contribution in [3.8, 4) is 0 Å². The van der Waals surface area contributed by atoms with Crippen molar-refractivity contribution in [2.24, 2.45) is 7.05 Å². The van der Waals surface area contributed by atoms with Crippen molar-refractivity contribution < 1.29 is 4.79 Å². The van der Waals surface area contributed by atoms with Gasteiger partial charge in [-0.2, -0.15) is 5.10 Å². The summed E-state index contributed by atoms with van der Waals surface area (Å²) < 4.78 is 1.79. The van der Waals surface area contributed by atoms with Gasteiger partial charge in [-0.3, -0.25) is 9.67 Å². The van der Waals surface area contributed by atoms with Gasteiger partial charge in [0.1, 0.15) is 0 Å². The molecule has 0 spiro atoms. The lowest BCUT2D eigenvalue weighted by Crippen LogP contribution is -2.46. The molecule has 6 nitrogen and oxygen atoms in total. The van der Waals surface area contributed by atoms with E-state index in [1.165, 1.54) is 19.3 Å². The van der Waals surface area contributed by atoms with Crippen molar-refractivity contribution in [1.29, 1.82) is 0 Å². The summed E-state index contributed by atoms with van der Waals surface area (Å²) >= 11 is 0. The van der Waals surface area contributed by atoms with E-state index in [1.807, 2.05) is 42.7 Å². The number of amides is 2. The van der Waals surface area contributed by atoms with Gasteiger partial charge in [0.2, 0.25) is 0 Å². The van der Waals surface area contributed by atoms with E-state index < -0.39 is 0 Å². The average Bonchev–Trinajstić information content (AvgIpc) is 3.06. The van der Waals surface area contributed by atoms with Gasteiger partial charge < -0.3 is 10.2 Å². The Morgan fingerprint density at radius 1 is 1.28 bits per heavy atom. The standard InChI is InChI=1S/C19H27N5O/c1-23-14-17(13-22-23)9-11-21-19(25)24(18-7-3-2-4-8-18)15-16-6-5-10-20-12-16/h5-6,10,12-14,18H,2-4,7-9,11,15H2,1H3,(H,21,25). The van der Waals surface area contributed by atoms with Gasteiger partial charge in [0.15, 0.2) is 0 Å². The third kappa shape index (κ3) is 5.05. The minimum absolute atomic E-state index is 0.0274. The summed E-state index contributed by atoms with van der Waals surface area (Å²) in [7, 11) is 1.90. The highest BCUT2D eigenvalue weighted by Gasteiger charge is 2.25. The SMILES string of the molecule is Cn1cc(CCNC(=O)N(Cc2cccnc2)C2CCCCC2)cn1. The average molecular weight is 341 g/mol. The molecular formula is C19H27N5O. The summed E-state index contributed by atoms with van der Waals surface area (Å²) in [4.78, 5) is 19.0. The van der Waals surface area contributed by atoms with Gasteiger partial charge in [0.05, 0.1) is 6.20 Å². The lowest BCUT2D eigenvalue weighted by Gasteiger charge is -2.34. The van der Waals surface area contributed by atoms with Gasteiger partial charge in [-0.15, -0.1) is 0 Å². The Morgan fingerprint density at radius 2 is 2.12 bits per heavy atom. The second-order valence-electron chi connectivity index (χ2n) is 6.79. The van der Waals surface area contributed by atoms with E-state index >= 15 is 0 Å². The van der Waals surface area contributed by atoms with Crippen molar-refractivity contribution in [3.05, 3.63) is 48.0 Å². The number of aromatic nitrogens is 3. The fourth-order valence-electron chi connectivity index (χ4n) is 3.46. The van der Waals surface area contributed by atoms with Crippen LogP contribution in [0.3, 0.4) is 0 Å². The van der Waals surface area contributed by atoms with Crippen LogP contribution in [-0.4, -0.2) is 38.3 Å². The first-order chi connectivity index (χ1) is 12.2. The Hall–Kier alpha value is -2.37. The number of aryl methyl sites for hydroxylation is 1. The van der Waals surface area contributed by atoms with Crippen LogP contribution >= 0.6 is 0 Å². The van der Waals surface area contributed by atoms with Crippen LogP contribution in [0.4, 0.5) is 4.79 Å². The highest BCUT2D eigenvalue weighted by atomic mass is 16.2. The zero-order valence-corrected chi connectivity index (χ0v) is 14.9. The smallest absolute Gasteiger partial charge is 0.317 e. The Balaban J connectivity index is 1.59. The molecule has 0 aromatic carbocycles. The van der Waals surface area contributed by atoms with E-state index in [-0.39, 0.29) is 6.03 Å². The highest BCUT2D eigenvalue weighted by molar-refractivity contribution is 5.74. The third-order valence-corrected chi connectivity index (χ3v) is 4.80.